The van der Waals surface area contributed by atoms with Crippen molar-refractivity contribution in [1.82, 2.24) is 9.66 Å². The Hall–Kier alpha value is -2.47. The van der Waals surface area contributed by atoms with Crippen molar-refractivity contribution >= 4 is 33.0 Å². The van der Waals surface area contributed by atoms with Crippen molar-refractivity contribution in [2.75, 3.05) is 6.61 Å². The summed E-state index contributed by atoms with van der Waals surface area (Å²) in [5.41, 5.74) is 3.59. The molecule has 28 heavy (non-hydrogen) atoms. The van der Waals surface area contributed by atoms with Gasteiger partial charge in [0, 0.05) is 4.47 Å². The Morgan fingerprint density at radius 2 is 2.00 bits per heavy atom. The minimum absolute atomic E-state index is 0.187. The zero-order valence-corrected chi connectivity index (χ0v) is 18.4. The van der Waals surface area contributed by atoms with Crippen LogP contribution in [0, 0.1) is 13.8 Å². The molecule has 0 radical (unpaired) electrons. The average molecular weight is 442 g/mol. The van der Waals surface area contributed by atoms with Crippen molar-refractivity contribution in [2.45, 2.75) is 40.5 Å². The standard InChI is InChI=1S/C22H24BrN3O2/c1-6-28-21-9-14(4)16(10-18(21)13(2)3)12-24-26-15(5)25-20-8-7-17(23)11-19(20)22(26)27/h7-13H,6H2,1-5H3. The lowest BCUT2D eigenvalue weighted by molar-refractivity contribution is 0.335. The Morgan fingerprint density at radius 3 is 2.68 bits per heavy atom. The number of aromatic nitrogens is 2. The fraction of sp³-hybridized carbons (Fsp3) is 0.318. The van der Waals surface area contributed by atoms with Crippen LogP contribution in [-0.4, -0.2) is 22.5 Å². The van der Waals surface area contributed by atoms with Crippen molar-refractivity contribution in [1.29, 1.82) is 0 Å². The number of halogens is 1. The number of ether oxygens (including phenoxy) is 1. The van der Waals surface area contributed by atoms with Crippen LogP contribution in [0.2, 0.25) is 0 Å². The van der Waals surface area contributed by atoms with E-state index in [0.717, 1.165) is 26.9 Å². The molecule has 0 aliphatic heterocycles. The van der Waals surface area contributed by atoms with Gasteiger partial charge in [-0.1, -0.05) is 29.8 Å². The van der Waals surface area contributed by atoms with Gasteiger partial charge in [0.15, 0.2) is 0 Å². The molecule has 0 bridgehead atoms. The fourth-order valence-electron chi connectivity index (χ4n) is 3.10. The zero-order chi connectivity index (χ0) is 20.4. The second-order valence-electron chi connectivity index (χ2n) is 7.02. The van der Waals surface area contributed by atoms with Crippen LogP contribution in [0.5, 0.6) is 5.75 Å². The monoisotopic (exact) mass is 441 g/mol. The fourth-order valence-corrected chi connectivity index (χ4v) is 3.46. The Labute approximate surface area is 173 Å². The molecule has 0 saturated carbocycles. The van der Waals surface area contributed by atoms with Gasteiger partial charge in [-0.3, -0.25) is 4.79 Å². The highest BCUT2D eigenvalue weighted by Gasteiger charge is 2.12. The topological polar surface area (TPSA) is 56.5 Å². The SMILES string of the molecule is CCOc1cc(C)c(C=Nn2c(C)nc3ccc(Br)cc3c2=O)cc1C(C)C. The maximum absolute atomic E-state index is 12.9. The van der Waals surface area contributed by atoms with Gasteiger partial charge in [0.1, 0.15) is 11.6 Å². The summed E-state index contributed by atoms with van der Waals surface area (Å²) in [5, 5.41) is 4.98. The first-order valence-electron chi connectivity index (χ1n) is 9.32. The molecule has 1 heterocycles. The van der Waals surface area contributed by atoms with Gasteiger partial charge in [-0.2, -0.15) is 9.78 Å². The molecule has 0 aliphatic carbocycles. The van der Waals surface area contributed by atoms with Crippen LogP contribution in [0.25, 0.3) is 10.9 Å². The summed E-state index contributed by atoms with van der Waals surface area (Å²) in [5.74, 6) is 1.76. The van der Waals surface area contributed by atoms with Gasteiger partial charge in [0.05, 0.1) is 23.7 Å². The van der Waals surface area contributed by atoms with Crippen molar-refractivity contribution in [3.8, 4) is 5.75 Å². The van der Waals surface area contributed by atoms with E-state index in [-0.39, 0.29) is 5.56 Å². The molecule has 0 fully saturated rings. The number of hydrogen-bond donors (Lipinski definition) is 0. The molecule has 5 nitrogen and oxygen atoms in total. The molecule has 0 unspecified atom stereocenters. The van der Waals surface area contributed by atoms with Gasteiger partial charge in [0.25, 0.3) is 5.56 Å². The molecule has 0 spiro atoms. The number of hydrogen-bond acceptors (Lipinski definition) is 4. The summed E-state index contributed by atoms with van der Waals surface area (Å²) in [6.07, 6.45) is 1.72. The smallest absolute Gasteiger partial charge is 0.282 e. The molecule has 1 aromatic heterocycles. The summed E-state index contributed by atoms with van der Waals surface area (Å²) in [6.45, 7) is 10.7. The average Bonchev–Trinajstić information content (AvgIpc) is 2.63. The van der Waals surface area contributed by atoms with E-state index in [0.29, 0.717) is 29.3 Å². The van der Waals surface area contributed by atoms with E-state index in [1.807, 2.05) is 32.0 Å². The molecule has 0 atom stereocenters. The Bertz CT molecular complexity index is 1120. The molecular formula is C22H24BrN3O2. The second kappa shape index (κ2) is 8.27. The quantitative estimate of drug-likeness (QED) is 0.512. The molecule has 0 aliphatic rings. The minimum Gasteiger partial charge on any atom is -0.494 e. The second-order valence-corrected chi connectivity index (χ2v) is 7.93. The normalized spacial score (nSPS) is 11.7. The van der Waals surface area contributed by atoms with E-state index in [2.05, 4.69) is 45.9 Å². The number of nitrogens with zero attached hydrogens (tertiary/aromatic N) is 3. The lowest BCUT2D eigenvalue weighted by Gasteiger charge is -2.15. The van der Waals surface area contributed by atoms with E-state index in [9.17, 15) is 4.79 Å². The molecule has 3 rings (SSSR count). The number of benzene rings is 2. The van der Waals surface area contributed by atoms with Gasteiger partial charge in [-0.25, -0.2) is 4.98 Å². The molecule has 0 amide bonds. The van der Waals surface area contributed by atoms with Crippen LogP contribution in [0.4, 0.5) is 0 Å². The highest BCUT2D eigenvalue weighted by molar-refractivity contribution is 9.10. The first-order chi connectivity index (χ1) is 13.3. The van der Waals surface area contributed by atoms with E-state index in [1.165, 1.54) is 4.68 Å². The lowest BCUT2D eigenvalue weighted by atomic mass is 9.97. The highest BCUT2D eigenvalue weighted by Crippen LogP contribution is 2.29. The van der Waals surface area contributed by atoms with Gasteiger partial charge >= 0.3 is 0 Å². The molecule has 0 N–H and O–H groups in total. The number of aryl methyl sites for hydroxylation is 2. The molecular weight excluding hydrogens is 418 g/mol. The maximum atomic E-state index is 12.9. The first-order valence-corrected chi connectivity index (χ1v) is 10.1. The summed E-state index contributed by atoms with van der Waals surface area (Å²) in [4.78, 5) is 17.4. The Kier molecular flexibility index (Phi) is 5.98. The minimum atomic E-state index is -0.187. The van der Waals surface area contributed by atoms with Crippen molar-refractivity contribution in [2.24, 2.45) is 5.10 Å². The van der Waals surface area contributed by atoms with Crippen molar-refractivity contribution < 1.29 is 4.74 Å². The third-order valence-electron chi connectivity index (χ3n) is 4.60. The van der Waals surface area contributed by atoms with Crippen LogP contribution < -0.4 is 10.3 Å². The van der Waals surface area contributed by atoms with Crippen LogP contribution in [0.3, 0.4) is 0 Å². The van der Waals surface area contributed by atoms with Gasteiger partial charge in [-0.05, 0) is 73.7 Å². The first kappa shape index (κ1) is 20.3. The molecule has 2 aromatic carbocycles. The Morgan fingerprint density at radius 1 is 1.25 bits per heavy atom. The third kappa shape index (κ3) is 4.02. The zero-order valence-electron chi connectivity index (χ0n) is 16.8. The number of rotatable bonds is 5. The summed E-state index contributed by atoms with van der Waals surface area (Å²) >= 11 is 3.41. The van der Waals surface area contributed by atoms with Gasteiger partial charge in [-0.15, -0.1) is 0 Å². The van der Waals surface area contributed by atoms with Crippen LogP contribution in [0.1, 0.15) is 49.2 Å². The van der Waals surface area contributed by atoms with E-state index >= 15 is 0 Å². The summed E-state index contributed by atoms with van der Waals surface area (Å²) < 4.78 is 7.96. The molecule has 146 valence electrons. The van der Waals surface area contributed by atoms with E-state index < -0.39 is 0 Å². The Balaban J connectivity index is 2.09. The molecule has 0 saturated heterocycles. The van der Waals surface area contributed by atoms with Crippen LogP contribution >= 0.6 is 15.9 Å². The van der Waals surface area contributed by atoms with Crippen molar-refractivity contribution in [3.63, 3.8) is 0 Å². The van der Waals surface area contributed by atoms with Gasteiger partial charge in [0.2, 0.25) is 0 Å². The highest BCUT2D eigenvalue weighted by atomic mass is 79.9. The van der Waals surface area contributed by atoms with E-state index in [4.69, 9.17) is 4.74 Å². The maximum Gasteiger partial charge on any atom is 0.282 e. The predicted octanol–water partition coefficient (Wildman–Crippen LogP) is 5.18. The predicted molar refractivity (Wildman–Crippen MR) is 118 cm³/mol. The lowest BCUT2D eigenvalue weighted by Crippen LogP contribution is -2.20. The summed E-state index contributed by atoms with van der Waals surface area (Å²) in [6, 6.07) is 9.59. The molecule has 6 heteroatoms. The van der Waals surface area contributed by atoms with Crippen LogP contribution in [-0.2, 0) is 0 Å². The van der Waals surface area contributed by atoms with E-state index in [1.54, 1.807) is 19.2 Å². The third-order valence-corrected chi connectivity index (χ3v) is 5.10. The molecule has 3 aromatic rings. The number of fused-ring (bicyclic) bond motifs is 1. The summed E-state index contributed by atoms with van der Waals surface area (Å²) in [7, 11) is 0. The van der Waals surface area contributed by atoms with Gasteiger partial charge < -0.3 is 4.74 Å². The van der Waals surface area contributed by atoms with Crippen molar-refractivity contribution in [3.05, 3.63) is 67.7 Å². The van der Waals surface area contributed by atoms with Crippen LogP contribution in [0.15, 0.2) is 44.7 Å². The largest absolute Gasteiger partial charge is 0.494 e.